The summed E-state index contributed by atoms with van der Waals surface area (Å²) in [7, 11) is 0. The van der Waals surface area contributed by atoms with Gasteiger partial charge in [0.1, 0.15) is 0 Å². The summed E-state index contributed by atoms with van der Waals surface area (Å²) in [5, 5.41) is 0. The Morgan fingerprint density at radius 1 is 1.06 bits per heavy atom. The van der Waals surface area contributed by atoms with Gasteiger partial charge in [-0.15, -0.1) is 0 Å². The van der Waals surface area contributed by atoms with E-state index in [-0.39, 0.29) is 0 Å². The number of aryl methyl sites for hydroxylation is 1. The fourth-order valence-electron chi connectivity index (χ4n) is 3.39. The molecule has 0 atom stereocenters. The van der Waals surface area contributed by atoms with E-state index in [0.29, 0.717) is 5.41 Å². The first kappa shape index (κ1) is 12.7. The van der Waals surface area contributed by atoms with Crippen LogP contribution in [-0.2, 0) is 11.8 Å². The van der Waals surface area contributed by atoms with Gasteiger partial charge >= 0.3 is 0 Å². The predicted octanol–water partition coefficient (Wildman–Crippen LogP) is 5.17. The number of fused-ring (bicyclic) bond motifs is 2. The molecule has 3 rings (SSSR count). The molecule has 0 heteroatoms. The minimum absolute atomic E-state index is 0.625. The molecule has 0 aliphatic heterocycles. The Morgan fingerprint density at radius 2 is 1.71 bits per heavy atom. The van der Waals surface area contributed by atoms with Gasteiger partial charge in [-0.25, -0.2) is 0 Å². The zero-order valence-electron chi connectivity index (χ0n) is 11.7. The smallest absolute Gasteiger partial charge is 0.00440 e. The van der Waals surface area contributed by atoms with E-state index in [2.05, 4.69) is 39.0 Å². The van der Waals surface area contributed by atoms with Crippen LogP contribution >= 0.6 is 0 Å². The molecule has 0 unspecified atom stereocenters. The maximum absolute atomic E-state index is 2.39. The first-order chi connectivity index (χ1) is 8.23. The molecule has 0 saturated heterocycles. The van der Waals surface area contributed by atoms with Gasteiger partial charge in [0.15, 0.2) is 0 Å². The summed E-state index contributed by atoms with van der Waals surface area (Å²) < 4.78 is 0. The molecule has 0 radical (unpaired) electrons. The number of hydrogen-bond donors (Lipinski definition) is 0. The number of hydrogen-bond acceptors (Lipinski definition) is 0. The van der Waals surface area contributed by atoms with E-state index >= 15 is 0 Å². The molecule has 2 aliphatic rings. The van der Waals surface area contributed by atoms with Crippen LogP contribution in [0.3, 0.4) is 0 Å². The van der Waals surface area contributed by atoms with E-state index in [1.54, 1.807) is 11.1 Å². The SMILES string of the molecule is CCC.Cc1cccc2c1CCCC21CCC1. The molecule has 94 valence electrons. The molecular weight excluding hydrogens is 204 g/mol. The highest BCUT2D eigenvalue weighted by Gasteiger charge is 2.41. The molecule has 0 heterocycles. The Labute approximate surface area is 106 Å². The average Bonchev–Trinajstić information content (AvgIpc) is 2.28. The van der Waals surface area contributed by atoms with Crippen LogP contribution in [0.25, 0.3) is 0 Å². The number of benzene rings is 1. The van der Waals surface area contributed by atoms with E-state index in [9.17, 15) is 0 Å². The van der Waals surface area contributed by atoms with Crippen LogP contribution in [0.4, 0.5) is 0 Å². The van der Waals surface area contributed by atoms with Gasteiger partial charge in [-0.2, -0.15) is 0 Å². The van der Waals surface area contributed by atoms with E-state index in [1.165, 1.54) is 50.5 Å². The van der Waals surface area contributed by atoms with E-state index in [0.717, 1.165) is 0 Å². The van der Waals surface area contributed by atoms with Crippen molar-refractivity contribution < 1.29 is 0 Å². The van der Waals surface area contributed by atoms with Gasteiger partial charge in [0.2, 0.25) is 0 Å². The minimum atomic E-state index is 0.625. The van der Waals surface area contributed by atoms with E-state index < -0.39 is 0 Å². The highest BCUT2D eigenvalue weighted by Crippen LogP contribution is 2.51. The summed E-state index contributed by atoms with van der Waals surface area (Å²) in [4.78, 5) is 0. The first-order valence-electron chi connectivity index (χ1n) is 7.32. The molecule has 2 aliphatic carbocycles. The van der Waals surface area contributed by atoms with Crippen molar-refractivity contribution in [3.8, 4) is 0 Å². The molecule has 0 bridgehead atoms. The maximum atomic E-state index is 2.39. The van der Waals surface area contributed by atoms with Crippen LogP contribution in [0.5, 0.6) is 0 Å². The third kappa shape index (κ3) is 2.27. The van der Waals surface area contributed by atoms with Gasteiger partial charge in [-0.1, -0.05) is 44.9 Å². The Balaban J connectivity index is 0.000000329. The molecule has 0 N–H and O–H groups in total. The molecule has 17 heavy (non-hydrogen) atoms. The van der Waals surface area contributed by atoms with Crippen molar-refractivity contribution in [1.29, 1.82) is 0 Å². The van der Waals surface area contributed by atoms with Gasteiger partial charge in [0, 0.05) is 0 Å². The number of rotatable bonds is 0. The summed E-state index contributed by atoms with van der Waals surface area (Å²) in [5.41, 5.74) is 5.53. The van der Waals surface area contributed by atoms with E-state index in [1.807, 2.05) is 0 Å². The molecule has 0 aromatic heterocycles. The van der Waals surface area contributed by atoms with Crippen LogP contribution in [0.2, 0.25) is 0 Å². The lowest BCUT2D eigenvalue weighted by atomic mass is 9.58. The third-order valence-corrected chi connectivity index (χ3v) is 4.37. The monoisotopic (exact) mass is 230 g/mol. The van der Waals surface area contributed by atoms with Crippen molar-refractivity contribution >= 4 is 0 Å². The summed E-state index contributed by atoms with van der Waals surface area (Å²) in [6.45, 7) is 6.52. The third-order valence-electron chi connectivity index (χ3n) is 4.37. The summed E-state index contributed by atoms with van der Waals surface area (Å²) in [6, 6.07) is 6.91. The quantitative estimate of drug-likeness (QED) is 0.577. The second-order valence-electron chi connectivity index (χ2n) is 5.80. The van der Waals surface area contributed by atoms with Crippen LogP contribution in [0.1, 0.15) is 69.1 Å². The van der Waals surface area contributed by atoms with Crippen molar-refractivity contribution in [2.45, 2.75) is 71.1 Å². The Hall–Kier alpha value is -0.780. The maximum Gasteiger partial charge on any atom is -0.00440 e. The average molecular weight is 230 g/mol. The van der Waals surface area contributed by atoms with Crippen molar-refractivity contribution in [2.24, 2.45) is 0 Å². The van der Waals surface area contributed by atoms with E-state index in [4.69, 9.17) is 0 Å². The van der Waals surface area contributed by atoms with Crippen molar-refractivity contribution in [3.63, 3.8) is 0 Å². The van der Waals surface area contributed by atoms with Crippen molar-refractivity contribution in [1.82, 2.24) is 0 Å². The highest BCUT2D eigenvalue weighted by atomic mass is 14.5. The van der Waals surface area contributed by atoms with Crippen LogP contribution < -0.4 is 0 Å². The predicted molar refractivity (Wildman–Crippen MR) is 75.6 cm³/mol. The van der Waals surface area contributed by atoms with Crippen LogP contribution in [0.15, 0.2) is 18.2 Å². The van der Waals surface area contributed by atoms with Gasteiger partial charge in [0.25, 0.3) is 0 Å². The molecule has 1 aromatic carbocycles. The molecule has 1 spiro atoms. The Bertz CT molecular complexity index is 372. The van der Waals surface area contributed by atoms with Gasteiger partial charge in [-0.05, 0) is 61.1 Å². The summed E-state index contributed by atoms with van der Waals surface area (Å²) in [6.07, 6.45) is 9.78. The van der Waals surface area contributed by atoms with Gasteiger partial charge in [-0.3, -0.25) is 0 Å². The molecule has 0 amide bonds. The zero-order valence-corrected chi connectivity index (χ0v) is 11.7. The molecule has 0 nitrogen and oxygen atoms in total. The first-order valence-corrected chi connectivity index (χ1v) is 7.32. The topological polar surface area (TPSA) is 0 Å². The largest absolute Gasteiger partial charge is 0.0656 e. The fraction of sp³-hybridized carbons (Fsp3) is 0.647. The lowest BCUT2D eigenvalue weighted by molar-refractivity contribution is 0.208. The van der Waals surface area contributed by atoms with Crippen molar-refractivity contribution in [2.75, 3.05) is 0 Å². The standard InChI is InChI=1S/C14H18.C3H8/c1-11-5-2-7-13-12(11)6-3-8-14(13)9-4-10-14;1-3-2/h2,5,7H,3-4,6,8-10H2,1H3;3H2,1-2H3. The van der Waals surface area contributed by atoms with Crippen LogP contribution in [-0.4, -0.2) is 0 Å². The van der Waals surface area contributed by atoms with Crippen molar-refractivity contribution in [3.05, 3.63) is 34.9 Å². The highest BCUT2D eigenvalue weighted by molar-refractivity contribution is 5.42. The zero-order chi connectivity index (χ0) is 12.3. The molecule has 1 saturated carbocycles. The van der Waals surface area contributed by atoms with Crippen LogP contribution in [0, 0.1) is 6.92 Å². The van der Waals surface area contributed by atoms with Gasteiger partial charge < -0.3 is 0 Å². The molecular formula is C17H26. The molecule has 1 aromatic rings. The van der Waals surface area contributed by atoms with Gasteiger partial charge in [0.05, 0.1) is 0 Å². The minimum Gasteiger partial charge on any atom is -0.0656 e. The fourth-order valence-corrected chi connectivity index (χ4v) is 3.39. The lowest BCUT2D eigenvalue weighted by Crippen LogP contribution is -2.37. The second kappa shape index (κ2) is 5.25. The molecule has 1 fully saturated rings. The lowest BCUT2D eigenvalue weighted by Gasteiger charge is -2.46. The summed E-state index contributed by atoms with van der Waals surface area (Å²) >= 11 is 0. The summed E-state index contributed by atoms with van der Waals surface area (Å²) in [5.74, 6) is 0. The Morgan fingerprint density at radius 3 is 2.29 bits per heavy atom. The Kier molecular flexibility index (Phi) is 3.91. The second-order valence-corrected chi connectivity index (χ2v) is 5.80. The normalized spacial score (nSPS) is 19.9.